The van der Waals surface area contributed by atoms with Crippen molar-refractivity contribution in [3.63, 3.8) is 0 Å². The Labute approximate surface area is 168 Å². The van der Waals surface area contributed by atoms with Gasteiger partial charge in [0.1, 0.15) is 5.75 Å². The number of pyridine rings is 1. The van der Waals surface area contributed by atoms with Gasteiger partial charge in [-0.15, -0.1) is 0 Å². The zero-order valence-electron chi connectivity index (χ0n) is 17.4. The second kappa shape index (κ2) is 11.6. The van der Waals surface area contributed by atoms with E-state index in [0.717, 1.165) is 38.5 Å². The molecule has 0 aliphatic rings. The molecule has 0 amide bonds. The summed E-state index contributed by atoms with van der Waals surface area (Å²) in [6, 6.07) is 4.69. The molecule has 156 valence electrons. The zero-order chi connectivity index (χ0) is 20.4. The summed E-state index contributed by atoms with van der Waals surface area (Å²) in [6.07, 6.45) is 11.0. The molecule has 2 N–H and O–H groups in total. The van der Waals surface area contributed by atoms with E-state index in [9.17, 15) is 15.0 Å². The largest absolute Gasteiger partial charge is 0.508 e. The van der Waals surface area contributed by atoms with Crippen LogP contribution in [0.5, 0.6) is 17.2 Å². The molecule has 1 aromatic heterocycles. The Morgan fingerprint density at radius 2 is 1.54 bits per heavy atom. The van der Waals surface area contributed by atoms with Gasteiger partial charge in [-0.3, -0.25) is 4.79 Å². The van der Waals surface area contributed by atoms with Crippen LogP contribution < -0.4 is 10.3 Å². The smallest absolute Gasteiger partial charge is 0.297 e. The number of rotatable bonds is 13. The number of aromatic hydroxyl groups is 2. The molecule has 1 heterocycles. The van der Waals surface area contributed by atoms with E-state index in [0.29, 0.717) is 24.1 Å². The van der Waals surface area contributed by atoms with Gasteiger partial charge in [0.15, 0.2) is 5.75 Å². The van der Waals surface area contributed by atoms with Crippen molar-refractivity contribution in [2.75, 3.05) is 6.61 Å². The summed E-state index contributed by atoms with van der Waals surface area (Å²) in [5.74, 6) is -0.0209. The van der Waals surface area contributed by atoms with Gasteiger partial charge in [-0.05, 0) is 25.0 Å². The number of nitrogens with zero attached hydrogens (tertiary/aromatic N) is 1. The highest BCUT2D eigenvalue weighted by atomic mass is 16.5. The predicted molar refractivity (Wildman–Crippen MR) is 115 cm³/mol. The van der Waals surface area contributed by atoms with Crippen LogP contribution in [0, 0.1) is 0 Å². The fraction of sp³-hybridized carbons (Fsp3) is 0.609. The molecular formula is C23H35NO4. The van der Waals surface area contributed by atoms with Crippen LogP contribution in [0.2, 0.25) is 0 Å². The Hall–Kier alpha value is -2.17. The maximum absolute atomic E-state index is 13.0. The van der Waals surface area contributed by atoms with Gasteiger partial charge in [0.05, 0.1) is 12.1 Å². The van der Waals surface area contributed by atoms with Crippen LogP contribution in [-0.2, 0) is 6.54 Å². The molecule has 28 heavy (non-hydrogen) atoms. The first-order valence-electron chi connectivity index (χ1n) is 10.8. The highest BCUT2D eigenvalue weighted by molar-refractivity contribution is 5.88. The monoisotopic (exact) mass is 389 g/mol. The van der Waals surface area contributed by atoms with Gasteiger partial charge in [-0.25, -0.2) is 0 Å². The van der Waals surface area contributed by atoms with Gasteiger partial charge in [0.2, 0.25) is 5.75 Å². The van der Waals surface area contributed by atoms with E-state index in [-0.39, 0.29) is 22.8 Å². The quantitative estimate of drug-likeness (QED) is 0.429. The number of aromatic nitrogens is 1. The third kappa shape index (κ3) is 5.91. The number of ether oxygens (including phenoxy) is 1. The molecule has 0 fully saturated rings. The van der Waals surface area contributed by atoms with Gasteiger partial charge in [0.25, 0.3) is 5.56 Å². The molecule has 5 heteroatoms. The number of phenolic OH excluding ortho intramolecular Hbond substituents is 1. The maximum atomic E-state index is 13.0. The van der Waals surface area contributed by atoms with Crippen LogP contribution >= 0.6 is 0 Å². The first-order chi connectivity index (χ1) is 13.6. The van der Waals surface area contributed by atoms with Crippen LogP contribution in [0.15, 0.2) is 23.0 Å². The summed E-state index contributed by atoms with van der Waals surface area (Å²) in [4.78, 5) is 13.0. The van der Waals surface area contributed by atoms with Crippen LogP contribution in [0.4, 0.5) is 0 Å². The van der Waals surface area contributed by atoms with Crippen LogP contribution in [-0.4, -0.2) is 21.4 Å². The van der Waals surface area contributed by atoms with Gasteiger partial charge < -0.3 is 19.5 Å². The maximum Gasteiger partial charge on any atom is 0.297 e. The van der Waals surface area contributed by atoms with E-state index in [2.05, 4.69) is 13.8 Å². The molecule has 0 aliphatic carbocycles. The van der Waals surface area contributed by atoms with E-state index in [1.54, 1.807) is 10.6 Å². The summed E-state index contributed by atoms with van der Waals surface area (Å²) in [5.41, 5.74) is 0.226. The minimum Gasteiger partial charge on any atom is -0.508 e. The lowest BCUT2D eigenvalue weighted by Crippen LogP contribution is -2.23. The molecule has 0 saturated carbocycles. The molecule has 0 bridgehead atoms. The molecule has 0 atom stereocenters. The van der Waals surface area contributed by atoms with Crippen LogP contribution in [0.3, 0.4) is 0 Å². The molecule has 0 spiro atoms. The number of hydrogen-bond acceptors (Lipinski definition) is 4. The summed E-state index contributed by atoms with van der Waals surface area (Å²) < 4.78 is 7.36. The molecule has 5 nitrogen and oxygen atoms in total. The minimum atomic E-state index is -0.321. The number of fused-ring (bicyclic) bond motifs is 1. The summed E-state index contributed by atoms with van der Waals surface area (Å²) >= 11 is 0. The van der Waals surface area contributed by atoms with E-state index >= 15 is 0 Å². The lowest BCUT2D eigenvalue weighted by atomic mass is 10.1. The van der Waals surface area contributed by atoms with Crippen molar-refractivity contribution in [1.29, 1.82) is 0 Å². The van der Waals surface area contributed by atoms with Gasteiger partial charge in [0, 0.05) is 18.0 Å². The molecule has 1 aromatic carbocycles. The van der Waals surface area contributed by atoms with Crippen molar-refractivity contribution in [2.24, 2.45) is 0 Å². The standard InChI is InChI=1S/C23H35NO4/c1-3-5-7-9-10-12-16-28-22-21(26)19-14-13-18(25)17-20(19)24(23(22)27)15-11-8-6-4-2/h13-14,17,25-26H,3-12,15-16H2,1-2H3. The Bertz CT molecular complexity index is 797. The van der Waals surface area contributed by atoms with Gasteiger partial charge in [-0.2, -0.15) is 0 Å². The molecule has 0 aliphatic heterocycles. The van der Waals surface area contributed by atoms with Gasteiger partial charge in [-0.1, -0.05) is 65.2 Å². The topological polar surface area (TPSA) is 71.7 Å². The Kier molecular flexibility index (Phi) is 9.18. The zero-order valence-corrected chi connectivity index (χ0v) is 17.4. The number of benzene rings is 1. The van der Waals surface area contributed by atoms with E-state index in [1.165, 1.54) is 37.8 Å². The van der Waals surface area contributed by atoms with E-state index in [1.807, 2.05) is 0 Å². The predicted octanol–water partition coefficient (Wildman–Crippen LogP) is 5.73. The number of phenols is 1. The van der Waals surface area contributed by atoms with Crippen molar-refractivity contribution >= 4 is 10.9 Å². The summed E-state index contributed by atoms with van der Waals surface area (Å²) in [7, 11) is 0. The Balaban J connectivity index is 2.18. The lowest BCUT2D eigenvalue weighted by Gasteiger charge is -2.16. The van der Waals surface area contributed by atoms with Crippen molar-refractivity contribution in [3.05, 3.63) is 28.6 Å². The highest BCUT2D eigenvalue weighted by Gasteiger charge is 2.18. The molecular weight excluding hydrogens is 354 g/mol. The fourth-order valence-corrected chi connectivity index (χ4v) is 3.50. The summed E-state index contributed by atoms with van der Waals surface area (Å²) in [6.45, 7) is 5.31. The molecule has 2 rings (SSSR count). The highest BCUT2D eigenvalue weighted by Crippen LogP contribution is 2.33. The second-order valence-electron chi connectivity index (χ2n) is 7.51. The number of aryl methyl sites for hydroxylation is 1. The SMILES string of the molecule is CCCCCCCCOc1c(O)c2ccc(O)cc2n(CCCCCC)c1=O. The fourth-order valence-electron chi connectivity index (χ4n) is 3.50. The first kappa shape index (κ1) is 22.1. The summed E-state index contributed by atoms with van der Waals surface area (Å²) in [5, 5.41) is 21.0. The van der Waals surface area contributed by atoms with Crippen LogP contribution in [0.25, 0.3) is 10.9 Å². The van der Waals surface area contributed by atoms with E-state index < -0.39 is 0 Å². The van der Waals surface area contributed by atoms with E-state index in [4.69, 9.17) is 4.74 Å². The van der Waals surface area contributed by atoms with Crippen molar-refractivity contribution < 1.29 is 14.9 Å². The third-order valence-electron chi connectivity index (χ3n) is 5.16. The van der Waals surface area contributed by atoms with Crippen LogP contribution in [0.1, 0.15) is 78.1 Å². The molecule has 0 radical (unpaired) electrons. The third-order valence-corrected chi connectivity index (χ3v) is 5.16. The lowest BCUT2D eigenvalue weighted by molar-refractivity contribution is 0.283. The minimum absolute atomic E-state index is 0.0299. The second-order valence-corrected chi connectivity index (χ2v) is 7.51. The average Bonchev–Trinajstić information content (AvgIpc) is 2.68. The Morgan fingerprint density at radius 3 is 2.25 bits per heavy atom. The molecule has 0 saturated heterocycles. The number of unbranched alkanes of at least 4 members (excludes halogenated alkanes) is 8. The normalized spacial score (nSPS) is 11.2. The van der Waals surface area contributed by atoms with Crippen molar-refractivity contribution in [2.45, 2.75) is 84.6 Å². The van der Waals surface area contributed by atoms with Crippen molar-refractivity contribution in [3.8, 4) is 17.2 Å². The molecule has 2 aromatic rings. The van der Waals surface area contributed by atoms with Crippen molar-refractivity contribution in [1.82, 2.24) is 4.57 Å². The average molecular weight is 390 g/mol. The Morgan fingerprint density at radius 1 is 0.893 bits per heavy atom. The first-order valence-corrected chi connectivity index (χ1v) is 10.8. The number of hydrogen-bond donors (Lipinski definition) is 2. The van der Waals surface area contributed by atoms with Gasteiger partial charge >= 0.3 is 0 Å². The molecule has 0 unspecified atom stereocenters.